The van der Waals surface area contributed by atoms with Gasteiger partial charge >= 0.3 is 0 Å². The van der Waals surface area contributed by atoms with E-state index in [0.29, 0.717) is 30.3 Å². The fourth-order valence-corrected chi connectivity index (χ4v) is 3.43. The zero-order valence-corrected chi connectivity index (χ0v) is 20.1. The maximum Gasteiger partial charge on any atom is 0.258 e. The number of rotatable bonds is 11. The number of benzene rings is 3. The van der Waals surface area contributed by atoms with Crippen molar-refractivity contribution in [2.75, 3.05) is 35.2 Å². The number of ether oxygens (including phenoxy) is 1. The van der Waals surface area contributed by atoms with Crippen molar-refractivity contribution in [3.05, 3.63) is 84.4 Å². The molecule has 3 aromatic carbocycles. The summed E-state index contributed by atoms with van der Waals surface area (Å²) in [5.74, 6) is 1.04. The maximum absolute atomic E-state index is 13.1. The predicted molar refractivity (Wildman–Crippen MR) is 139 cm³/mol. The lowest BCUT2D eigenvalue weighted by molar-refractivity contribution is -0.114. The molecule has 0 radical (unpaired) electrons. The highest BCUT2D eigenvalue weighted by Crippen LogP contribution is 2.20. The summed E-state index contributed by atoms with van der Waals surface area (Å²) >= 11 is 0. The lowest BCUT2D eigenvalue weighted by Gasteiger charge is -2.21. The number of carbonyl (C=O) groups is 2. The topological polar surface area (TPSA) is 70.7 Å². The van der Waals surface area contributed by atoms with E-state index in [1.807, 2.05) is 61.5 Å². The van der Waals surface area contributed by atoms with Crippen molar-refractivity contribution in [1.29, 1.82) is 0 Å². The lowest BCUT2D eigenvalue weighted by Crippen LogP contribution is -2.30. The Bertz CT molecular complexity index is 1080. The Balaban J connectivity index is 1.57. The standard InChI is InChI=1S/C28H33N3O3/c1-4-31(25-13-6-5-7-14-25)28(33)22-10-8-12-24(18-22)30-27(32)20-29-23-11-9-15-26(19-23)34-17-16-21(2)3/h5-15,18-19,21,29H,4,16-17,20H2,1-3H3,(H,30,32). The molecule has 0 saturated carbocycles. The number of anilines is 3. The van der Waals surface area contributed by atoms with Gasteiger partial charge in [0.2, 0.25) is 5.91 Å². The van der Waals surface area contributed by atoms with E-state index < -0.39 is 0 Å². The normalized spacial score (nSPS) is 10.6. The van der Waals surface area contributed by atoms with Gasteiger partial charge in [0.05, 0.1) is 13.2 Å². The molecule has 6 heteroatoms. The molecule has 6 nitrogen and oxygen atoms in total. The van der Waals surface area contributed by atoms with Crippen LogP contribution in [-0.2, 0) is 4.79 Å². The van der Waals surface area contributed by atoms with Crippen molar-refractivity contribution >= 4 is 28.9 Å². The van der Waals surface area contributed by atoms with Crippen LogP contribution in [0, 0.1) is 5.92 Å². The molecule has 0 spiro atoms. The van der Waals surface area contributed by atoms with Crippen LogP contribution in [0.15, 0.2) is 78.9 Å². The fraction of sp³-hybridized carbons (Fsp3) is 0.286. The Morgan fingerprint density at radius 2 is 1.65 bits per heavy atom. The Labute approximate surface area is 201 Å². The number of para-hydroxylation sites is 1. The summed E-state index contributed by atoms with van der Waals surface area (Å²) in [4.78, 5) is 27.3. The van der Waals surface area contributed by atoms with Gasteiger partial charge in [-0.1, -0.05) is 44.2 Å². The quantitative estimate of drug-likeness (QED) is 0.379. The first-order chi connectivity index (χ1) is 16.5. The lowest BCUT2D eigenvalue weighted by atomic mass is 10.1. The van der Waals surface area contributed by atoms with Gasteiger partial charge in [0.25, 0.3) is 5.91 Å². The van der Waals surface area contributed by atoms with Crippen LogP contribution in [0.25, 0.3) is 0 Å². The van der Waals surface area contributed by atoms with Crippen LogP contribution in [-0.4, -0.2) is 31.5 Å². The van der Waals surface area contributed by atoms with Crippen LogP contribution in [0.3, 0.4) is 0 Å². The van der Waals surface area contributed by atoms with Crippen LogP contribution < -0.4 is 20.3 Å². The first-order valence-electron chi connectivity index (χ1n) is 11.7. The molecule has 0 unspecified atom stereocenters. The molecule has 0 heterocycles. The first-order valence-corrected chi connectivity index (χ1v) is 11.7. The molecule has 0 aliphatic heterocycles. The Morgan fingerprint density at radius 1 is 0.912 bits per heavy atom. The smallest absolute Gasteiger partial charge is 0.258 e. The second-order valence-corrected chi connectivity index (χ2v) is 8.43. The highest BCUT2D eigenvalue weighted by molar-refractivity contribution is 6.07. The van der Waals surface area contributed by atoms with E-state index in [0.717, 1.165) is 23.5 Å². The number of nitrogens with zero attached hydrogens (tertiary/aromatic N) is 1. The highest BCUT2D eigenvalue weighted by atomic mass is 16.5. The molecule has 2 N–H and O–H groups in total. The van der Waals surface area contributed by atoms with E-state index in [-0.39, 0.29) is 18.4 Å². The molecule has 0 aliphatic carbocycles. The number of nitrogens with one attached hydrogen (secondary N) is 2. The van der Waals surface area contributed by atoms with E-state index in [1.54, 1.807) is 29.2 Å². The van der Waals surface area contributed by atoms with Crippen molar-refractivity contribution in [2.24, 2.45) is 5.92 Å². The highest BCUT2D eigenvalue weighted by Gasteiger charge is 2.16. The van der Waals surface area contributed by atoms with Crippen LogP contribution in [0.1, 0.15) is 37.6 Å². The molecule has 3 rings (SSSR count). The van der Waals surface area contributed by atoms with E-state index in [4.69, 9.17) is 4.74 Å². The molecule has 178 valence electrons. The molecule has 3 aromatic rings. The average Bonchev–Trinajstić information content (AvgIpc) is 2.84. The van der Waals surface area contributed by atoms with Gasteiger partial charge in [0.1, 0.15) is 5.75 Å². The van der Waals surface area contributed by atoms with Gasteiger partial charge in [0.15, 0.2) is 0 Å². The Morgan fingerprint density at radius 3 is 2.38 bits per heavy atom. The molecule has 0 aromatic heterocycles. The van der Waals surface area contributed by atoms with Gasteiger partial charge in [-0.15, -0.1) is 0 Å². The summed E-state index contributed by atoms with van der Waals surface area (Å²) in [7, 11) is 0. The van der Waals surface area contributed by atoms with E-state index in [2.05, 4.69) is 24.5 Å². The minimum absolute atomic E-state index is 0.0960. The fourth-order valence-electron chi connectivity index (χ4n) is 3.43. The van der Waals surface area contributed by atoms with Crippen molar-refractivity contribution in [1.82, 2.24) is 0 Å². The minimum atomic E-state index is -0.203. The average molecular weight is 460 g/mol. The molecular formula is C28H33N3O3. The molecule has 2 amide bonds. The van der Waals surface area contributed by atoms with Gasteiger partial charge in [-0.2, -0.15) is 0 Å². The van der Waals surface area contributed by atoms with Crippen LogP contribution in [0.2, 0.25) is 0 Å². The van der Waals surface area contributed by atoms with Crippen LogP contribution >= 0.6 is 0 Å². The Hall–Kier alpha value is -3.80. The summed E-state index contributed by atoms with van der Waals surface area (Å²) in [6.07, 6.45) is 0.989. The third-order valence-corrected chi connectivity index (χ3v) is 5.27. The molecule has 0 saturated heterocycles. The summed E-state index contributed by atoms with van der Waals surface area (Å²) in [6, 6.07) is 24.1. The van der Waals surface area contributed by atoms with Crippen LogP contribution in [0.4, 0.5) is 17.1 Å². The van der Waals surface area contributed by atoms with Gasteiger partial charge in [0, 0.05) is 35.2 Å². The maximum atomic E-state index is 13.1. The number of hydrogen-bond acceptors (Lipinski definition) is 4. The van der Waals surface area contributed by atoms with Crippen molar-refractivity contribution in [3.8, 4) is 5.75 Å². The molecular weight excluding hydrogens is 426 g/mol. The van der Waals surface area contributed by atoms with Crippen molar-refractivity contribution in [3.63, 3.8) is 0 Å². The largest absolute Gasteiger partial charge is 0.494 e. The first kappa shape index (κ1) is 24.8. The third kappa shape index (κ3) is 7.37. The monoisotopic (exact) mass is 459 g/mol. The zero-order valence-electron chi connectivity index (χ0n) is 20.1. The van der Waals surface area contributed by atoms with Crippen molar-refractivity contribution in [2.45, 2.75) is 27.2 Å². The second kappa shape index (κ2) is 12.4. The summed E-state index contributed by atoms with van der Waals surface area (Å²) in [5, 5.41) is 5.99. The van der Waals surface area contributed by atoms with E-state index >= 15 is 0 Å². The van der Waals surface area contributed by atoms with Crippen LogP contribution in [0.5, 0.6) is 5.75 Å². The van der Waals surface area contributed by atoms with Gasteiger partial charge in [-0.3, -0.25) is 9.59 Å². The van der Waals surface area contributed by atoms with Crippen molar-refractivity contribution < 1.29 is 14.3 Å². The number of hydrogen-bond donors (Lipinski definition) is 2. The number of amides is 2. The van der Waals surface area contributed by atoms with E-state index in [1.165, 1.54) is 0 Å². The molecule has 0 fully saturated rings. The zero-order chi connectivity index (χ0) is 24.3. The van der Waals surface area contributed by atoms with Gasteiger partial charge < -0.3 is 20.3 Å². The number of carbonyl (C=O) groups excluding carboxylic acids is 2. The summed E-state index contributed by atoms with van der Waals surface area (Å²) in [6.45, 7) is 7.56. The SMILES string of the molecule is CCN(C(=O)c1cccc(NC(=O)CNc2cccc(OCCC(C)C)c2)c1)c1ccccc1. The predicted octanol–water partition coefficient (Wildman–Crippen LogP) is 5.83. The molecule has 34 heavy (non-hydrogen) atoms. The third-order valence-electron chi connectivity index (χ3n) is 5.27. The van der Waals surface area contributed by atoms with Gasteiger partial charge in [-0.25, -0.2) is 0 Å². The summed E-state index contributed by atoms with van der Waals surface area (Å²) < 4.78 is 5.78. The summed E-state index contributed by atoms with van der Waals surface area (Å²) in [5.41, 5.74) is 2.74. The minimum Gasteiger partial charge on any atom is -0.494 e. The second-order valence-electron chi connectivity index (χ2n) is 8.43. The van der Waals surface area contributed by atoms with Gasteiger partial charge in [-0.05, 0) is 61.7 Å². The molecule has 0 aliphatic rings. The molecule has 0 bridgehead atoms. The Kier molecular flexibility index (Phi) is 9.09. The molecule has 0 atom stereocenters. The van der Waals surface area contributed by atoms with E-state index in [9.17, 15) is 9.59 Å².